The van der Waals surface area contributed by atoms with Crippen LogP contribution in [-0.4, -0.2) is 93.7 Å². The molecule has 0 aromatic rings. The number of nitrogens with one attached hydrogen (secondary N) is 2. The standard InChI is InChI=1S/C19H33N7O7S/c20-10(3-1-7-23-19(21)22)15(29)25-12(9-34)17(31)26-8-2-4-13(26)16(30)24-11(18(32)33)5-6-14(27)28/h10-13,34H,1-9,20H2,(H,24,30)(H,25,29)(H,27,28)(H,32,33)(H4,21,22,23). The van der Waals surface area contributed by atoms with E-state index in [-0.39, 0.29) is 31.1 Å². The average molecular weight is 504 g/mol. The molecule has 0 bridgehead atoms. The third-order valence-electron chi connectivity index (χ3n) is 5.20. The van der Waals surface area contributed by atoms with Gasteiger partial charge in [0.1, 0.15) is 18.1 Å². The van der Waals surface area contributed by atoms with Crippen molar-refractivity contribution in [3.05, 3.63) is 0 Å². The largest absolute Gasteiger partial charge is 0.481 e. The van der Waals surface area contributed by atoms with E-state index in [4.69, 9.17) is 22.3 Å². The van der Waals surface area contributed by atoms with Crippen molar-refractivity contribution in [3.8, 4) is 0 Å². The van der Waals surface area contributed by atoms with Crippen LogP contribution in [0.15, 0.2) is 4.99 Å². The monoisotopic (exact) mass is 503 g/mol. The topological polar surface area (TPSA) is 244 Å². The zero-order chi connectivity index (χ0) is 25.8. The molecule has 0 spiro atoms. The van der Waals surface area contributed by atoms with Crippen molar-refractivity contribution in [1.82, 2.24) is 15.5 Å². The number of amides is 3. The van der Waals surface area contributed by atoms with Gasteiger partial charge in [0, 0.05) is 25.3 Å². The maximum Gasteiger partial charge on any atom is 0.326 e. The zero-order valence-corrected chi connectivity index (χ0v) is 19.6. The van der Waals surface area contributed by atoms with E-state index in [1.54, 1.807) is 0 Å². The summed E-state index contributed by atoms with van der Waals surface area (Å²) >= 11 is 4.13. The number of likely N-dealkylation sites (tertiary alicyclic amines) is 1. The number of rotatable bonds is 14. The number of carboxylic acid groups (broad SMARTS) is 2. The van der Waals surface area contributed by atoms with Crippen LogP contribution in [0.3, 0.4) is 0 Å². The van der Waals surface area contributed by atoms with Crippen molar-refractivity contribution in [2.75, 3.05) is 18.8 Å². The van der Waals surface area contributed by atoms with Crippen LogP contribution in [0.25, 0.3) is 0 Å². The Morgan fingerprint density at radius 1 is 1.09 bits per heavy atom. The molecular weight excluding hydrogens is 470 g/mol. The molecule has 0 aliphatic carbocycles. The van der Waals surface area contributed by atoms with E-state index in [2.05, 4.69) is 28.3 Å². The third-order valence-corrected chi connectivity index (χ3v) is 5.57. The van der Waals surface area contributed by atoms with Crippen LogP contribution >= 0.6 is 12.6 Å². The number of guanidine groups is 1. The molecule has 3 amide bonds. The molecule has 1 aliphatic heterocycles. The van der Waals surface area contributed by atoms with Gasteiger partial charge in [-0.25, -0.2) is 4.79 Å². The summed E-state index contributed by atoms with van der Waals surface area (Å²) in [5.74, 6) is -4.52. The van der Waals surface area contributed by atoms with Crippen molar-refractivity contribution in [2.24, 2.45) is 22.2 Å². The minimum absolute atomic E-state index is 0.0491. The summed E-state index contributed by atoms with van der Waals surface area (Å²) in [6.45, 7) is 0.529. The van der Waals surface area contributed by atoms with Crippen LogP contribution in [0.4, 0.5) is 0 Å². The fourth-order valence-corrected chi connectivity index (χ4v) is 3.66. The predicted molar refractivity (Wildman–Crippen MR) is 125 cm³/mol. The minimum atomic E-state index is -1.40. The fourth-order valence-electron chi connectivity index (χ4n) is 3.41. The lowest BCUT2D eigenvalue weighted by atomic mass is 10.1. The molecule has 34 heavy (non-hydrogen) atoms. The number of nitrogens with zero attached hydrogens (tertiary/aromatic N) is 2. The van der Waals surface area contributed by atoms with Gasteiger partial charge in [-0.1, -0.05) is 0 Å². The van der Waals surface area contributed by atoms with E-state index < -0.39 is 60.2 Å². The van der Waals surface area contributed by atoms with Crippen LogP contribution in [-0.2, 0) is 24.0 Å². The Hall–Kier alpha value is -3.07. The van der Waals surface area contributed by atoms with Crippen LogP contribution in [0.2, 0.25) is 0 Å². The number of nitrogens with two attached hydrogens (primary N) is 3. The second kappa shape index (κ2) is 14.2. The van der Waals surface area contributed by atoms with Crippen LogP contribution in [0.1, 0.15) is 38.5 Å². The Kier molecular flexibility index (Phi) is 12.1. The average Bonchev–Trinajstić information content (AvgIpc) is 3.26. The number of carboxylic acids is 2. The number of carbonyl (C=O) groups is 5. The SMILES string of the molecule is NC(N)=NCCCC(N)C(=O)NC(CS)C(=O)N1CCCC1C(=O)NC(CCC(=O)O)C(=O)O. The summed E-state index contributed by atoms with van der Waals surface area (Å²) in [6.07, 6.45) is 0.775. The molecule has 4 atom stereocenters. The summed E-state index contributed by atoms with van der Waals surface area (Å²) in [5.41, 5.74) is 16.3. The Balaban J connectivity index is 2.74. The Morgan fingerprint density at radius 3 is 2.32 bits per heavy atom. The summed E-state index contributed by atoms with van der Waals surface area (Å²) in [7, 11) is 0. The molecule has 4 unspecified atom stereocenters. The molecule has 0 aromatic heterocycles. The van der Waals surface area contributed by atoms with E-state index in [0.717, 1.165) is 0 Å². The maximum absolute atomic E-state index is 13.0. The maximum atomic E-state index is 13.0. The number of hydrogen-bond acceptors (Lipinski definition) is 8. The van der Waals surface area contributed by atoms with Gasteiger partial charge in [0.2, 0.25) is 17.7 Å². The molecule has 10 N–H and O–H groups in total. The number of aliphatic carboxylic acids is 2. The third kappa shape index (κ3) is 9.43. The Bertz CT molecular complexity index is 791. The summed E-state index contributed by atoms with van der Waals surface area (Å²) < 4.78 is 0. The minimum Gasteiger partial charge on any atom is -0.481 e. The molecule has 1 heterocycles. The summed E-state index contributed by atoms with van der Waals surface area (Å²) in [6, 6.07) is -4.31. The Labute approximate surface area is 202 Å². The highest BCUT2D eigenvalue weighted by Gasteiger charge is 2.38. The quantitative estimate of drug-likeness (QED) is 0.0524. The number of thiol groups is 1. The van der Waals surface area contributed by atoms with Gasteiger partial charge >= 0.3 is 11.9 Å². The molecule has 1 saturated heterocycles. The first-order chi connectivity index (χ1) is 16.0. The number of carbonyl (C=O) groups excluding carboxylic acids is 3. The highest BCUT2D eigenvalue weighted by molar-refractivity contribution is 7.80. The zero-order valence-electron chi connectivity index (χ0n) is 18.7. The van der Waals surface area contributed by atoms with E-state index in [9.17, 15) is 29.1 Å². The highest BCUT2D eigenvalue weighted by Crippen LogP contribution is 2.19. The first kappa shape index (κ1) is 29.0. The van der Waals surface area contributed by atoms with E-state index in [1.807, 2.05) is 0 Å². The first-order valence-electron chi connectivity index (χ1n) is 10.8. The van der Waals surface area contributed by atoms with Crippen LogP contribution < -0.4 is 27.8 Å². The second-order valence-electron chi connectivity index (χ2n) is 7.82. The van der Waals surface area contributed by atoms with Crippen LogP contribution in [0.5, 0.6) is 0 Å². The van der Waals surface area contributed by atoms with Gasteiger partial charge in [0.25, 0.3) is 0 Å². The van der Waals surface area contributed by atoms with E-state index in [1.165, 1.54) is 4.90 Å². The lowest BCUT2D eigenvalue weighted by Gasteiger charge is -2.29. The smallest absolute Gasteiger partial charge is 0.326 e. The normalized spacial score (nSPS) is 17.8. The van der Waals surface area contributed by atoms with Gasteiger partial charge in [0.15, 0.2) is 5.96 Å². The molecule has 15 heteroatoms. The van der Waals surface area contributed by atoms with Crippen LogP contribution in [0, 0.1) is 0 Å². The predicted octanol–water partition coefficient (Wildman–Crippen LogP) is -2.79. The van der Waals surface area contributed by atoms with Crippen molar-refractivity contribution >= 4 is 48.2 Å². The van der Waals surface area contributed by atoms with Gasteiger partial charge in [0.05, 0.1) is 6.04 Å². The molecule has 1 aliphatic rings. The van der Waals surface area contributed by atoms with E-state index in [0.29, 0.717) is 25.8 Å². The van der Waals surface area contributed by atoms with E-state index >= 15 is 0 Å². The number of aliphatic imine (C=N–C) groups is 1. The Morgan fingerprint density at radius 2 is 1.76 bits per heavy atom. The fraction of sp³-hybridized carbons (Fsp3) is 0.684. The van der Waals surface area contributed by atoms with Gasteiger partial charge in [-0.2, -0.15) is 12.6 Å². The molecule has 1 rings (SSSR count). The second-order valence-corrected chi connectivity index (χ2v) is 8.19. The molecule has 0 saturated carbocycles. The summed E-state index contributed by atoms with van der Waals surface area (Å²) in [5, 5.41) is 22.9. The molecular formula is C19H33N7O7S. The lowest BCUT2D eigenvalue weighted by Crippen LogP contribution is -2.57. The molecule has 0 aromatic carbocycles. The van der Waals surface area contributed by atoms with Gasteiger partial charge in [-0.05, 0) is 32.1 Å². The lowest BCUT2D eigenvalue weighted by molar-refractivity contribution is -0.145. The van der Waals surface area contributed by atoms with Crippen molar-refractivity contribution < 1.29 is 34.2 Å². The molecule has 1 fully saturated rings. The van der Waals surface area contributed by atoms with Crippen molar-refractivity contribution in [2.45, 2.75) is 62.7 Å². The molecule has 192 valence electrons. The highest BCUT2D eigenvalue weighted by atomic mass is 32.1. The van der Waals surface area contributed by atoms with Gasteiger partial charge in [-0.15, -0.1) is 0 Å². The van der Waals surface area contributed by atoms with Crippen molar-refractivity contribution in [1.29, 1.82) is 0 Å². The first-order valence-corrected chi connectivity index (χ1v) is 11.4. The summed E-state index contributed by atoms with van der Waals surface area (Å²) in [4.78, 5) is 65.3. The number of hydrogen-bond donors (Lipinski definition) is 8. The van der Waals surface area contributed by atoms with Gasteiger partial charge in [-0.3, -0.25) is 24.2 Å². The molecule has 14 nitrogen and oxygen atoms in total. The van der Waals surface area contributed by atoms with Gasteiger partial charge < -0.3 is 42.9 Å². The molecule has 0 radical (unpaired) electrons. The van der Waals surface area contributed by atoms with Crippen molar-refractivity contribution in [3.63, 3.8) is 0 Å².